The van der Waals surface area contributed by atoms with Crippen molar-refractivity contribution < 1.29 is 0 Å². The SMILES string of the molecule is CC(C)(C)NCc1snnc1C1CCCC1. The first-order chi connectivity index (χ1) is 7.56. The lowest BCUT2D eigenvalue weighted by atomic mass is 10.0. The van der Waals surface area contributed by atoms with Gasteiger partial charge in [-0.05, 0) is 45.1 Å². The molecule has 90 valence electrons. The monoisotopic (exact) mass is 239 g/mol. The van der Waals surface area contributed by atoms with E-state index in [0.29, 0.717) is 5.92 Å². The molecule has 0 aromatic carbocycles. The molecule has 4 heteroatoms. The van der Waals surface area contributed by atoms with Crippen molar-refractivity contribution in [3.63, 3.8) is 0 Å². The van der Waals surface area contributed by atoms with E-state index < -0.39 is 0 Å². The van der Waals surface area contributed by atoms with Gasteiger partial charge in [0.1, 0.15) is 0 Å². The Hall–Kier alpha value is -0.480. The lowest BCUT2D eigenvalue weighted by Gasteiger charge is -2.20. The zero-order valence-corrected chi connectivity index (χ0v) is 11.2. The van der Waals surface area contributed by atoms with Gasteiger partial charge in [-0.2, -0.15) is 0 Å². The molecule has 1 aliphatic carbocycles. The van der Waals surface area contributed by atoms with E-state index >= 15 is 0 Å². The van der Waals surface area contributed by atoms with Gasteiger partial charge in [0.2, 0.25) is 0 Å². The predicted molar refractivity (Wildman–Crippen MR) is 67.7 cm³/mol. The maximum Gasteiger partial charge on any atom is 0.0831 e. The van der Waals surface area contributed by atoms with E-state index in [0.717, 1.165) is 6.54 Å². The van der Waals surface area contributed by atoms with Gasteiger partial charge in [-0.25, -0.2) is 0 Å². The maximum atomic E-state index is 4.33. The second-order valence-corrected chi connectivity index (χ2v) is 6.50. The lowest BCUT2D eigenvalue weighted by molar-refractivity contribution is 0.424. The van der Waals surface area contributed by atoms with Crippen molar-refractivity contribution in [1.82, 2.24) is 14.9 Å². The fourth-order valence-corrected chi connectivity index (χ4v) is 2.86. The highest BCUT2D eigenvalue weighted by Crippen LogP contribution is 2.35. The van der Waals surface area contributed by atoms with Gasteiger partial charge in [-0.1, -0.05) is 17.3 Å². The smallest absolute Gasteiger partial charge is 0.0831 e. The molecule has 0 saturated heterocycles. The highest BCUT2D eigenvalue weighted by Gasteiger charge is 2.23. The molecule has 16 heavy (non-hydrogen) atoms. The van der Waals surface area contributed by atoms with Gasteiger partial charge in [0, 0.05) is 18.0 Å². The molecule has 1 N–H and O–H groups in total. The van der Waals surface area contributed by atoms with Crippen LogP contribution < -0.4 is 5.32 Å². The van der Waals surface area contributed by atoms with Crippen LogP contribution in [0.5, 0.6) is 0 Å². The summed E-state index contributed by atoms with van der Waals surface area (Å²) in [7, 11) is 0. The van der Waals surface area contributed by atoms with Crippen molar-refractivity contribution >= 4 is 11.5 Å². The third-order valence-electron chi connectivity index (χ3n) is 3.11. The molecular formula is C12H21N3S. The summed E-state index contributed by atoms with van der Waals surface area (Å²) in [6.45, 7) is 7.48. The van der Waals surface area contributed by atoms with Crippen LogP contribution in [-0.4, -0.2) is 15.1 Å². The van der Waals surface area contributed by atoms with Crippen molar-refractivity contribution in [2.75, 3.05) is 0 Å². The minimum atomic E-state index is 0.164. The minimum Gasteiger partial charge on any atom is -0.307 e. The van der Waals surface area contributed by atoms with Crippen LogP contribution in [0.15, 0.2) is 0 Å². The molecule has 1 aromatic rings. The molecule has 0 spiro atoms. The number of nitrogens with zero attached hydrogens (tertiary/aromatic N) is 2. The molecule has 2 rings (SSSR count). The summed E-state index contributed by atoms with van der Waals surface area (Å²) >= 11 is 1.55. The maximum absolute atomic E-state index is 4.33. The van der Waals surface area contributed by atoms with Gasteiger partial charge in [0.15, 0.2) is 0 Å². The molecule has 1 aliphatic rings. The van der Waals surface area contributed by atoms with Crippen LogP contribution in [0.4, 0.5) is 0 Å². The Kier molecular flexibility index (Phi) is 3.60. The Bertz CT molecular complexity index is 334. The van der Waals surface area contributed by atoms with Gasteiger partial charge in [-0.15, -0.1) is 5.10 Å². The first-order valence-corrected chi connectivity index (χ1v) is 6.90. The number of rotatable bonds is 3. The summed E-state index contributed by atoms with van der Waals surface area (Å²) in [5, 5.41) is 7.85. The van der Waals surface area contributed by atoms with Crippen LogP contribution in [0.1, 0.15) is 62.9 Å². The molecule has 0 atom stereocenters. The third-order valence-corrected chi connectivity index (χ3v) is 3.84. The quantitative estimate of drug-likeness (QED) is 0.881. The Balaban J connectivity index is 2.01. The zero-order chi connectivity index (χ0) is 11.6. The number of nitrogens with one attached hydrogen (secondary N) is 1. The van der Waals surface area contributed by atoms with Crippen LogP contribution in [0.3, 0.4) is 0 Å². The van der Waals surface area contributed by atoms with E-state index in [1.165, 1.54) is 36.3 Å². The van der Waals surface area contributed by atoms with E-state index in [1.807, 2.05) is 0 Å². The summed E-state index contributed by atoms with van der Waals surface area (Å²) in [5.74, 6) is 0.676. The Morgan fingerprint density at radius 2 is 2.00 bits per heavy atom. The topological polar surface area (TPSA) is 37.8 Å². The van der Waals surface area contributed by atoms with Crippen LogP contribution in [-0.2, 0) is 6.54 Å². The van der Waals surface area contributed by atoms with Gasteiger partial charge in [0.25, 0.3) is 0 Å². The summed E-state index contributed by atoms with van der Waals surface area (Å²) in [5.41, 5.74) is 1.43. The second kappa shape index (κ2) is 4.80. The van der Waals surface area contributed by atoms with E-state index in [4.69, 9.17) is 0 Å². The van der Waals surface area contributed by atoms with E-state index in [1.54, 1.807) is 11.5 Å². The molecule has 0 radical (unpaired) electrons. The van der Waals surface area contributed by atoms with E-state index in [2.05, 4.69) is 35.7 Å². The van der Waals surface area contributed by atoms with E-state index in [-0.39, 0.29) is 5.54 Å². The first kappa shape index (κ1) is 12.0. The average Bonchev–Trinajstić information content (AvgIpc) is 2.84. The van der Waals surface area contributed by atoms with E-state index in [9.17, 15) is 0 Å². The van der Waals surface area contributed by atoms with Gasteiger partial charge in [-0.3, -0.25) is 0 Å². The largest absolute Gasteiger partial charge is 0.307 e. The summed E-state index contributed by atoms with van der Waals surface area (Å²) in [6, 6.07) is 0. The minimum absolute atomic E-state index is 0.164. The van der Waals surface area contributed by atoms with Crippen LogP contribution in [0.2, 0.25) is 0 Å². The fraction of sp³-hybridized carbons (Fsp3) is 0.833. The summed E-state index contributed by atoms with van der Waals surface area (Å²) in [6.07, 6.45) is 5.31. The van der Waals surface area contributed by atoms with Crippen molar-refractivity contribution in [3.05, 3.63) is 10.6 Å². The molecule has 1 heterocycles. The van der Waals surface area contributed by atoms with Crippen molar-refractivity contribution in [3.8, 4) is 0 Å². The predicted octanol–water partition coefficient (Wildman–Crippen LogP) is 3.08. The Morgan fingerprint density at radius 3 is 2.62 bits per heavy atom. The van der Waals surface area contributed by atoms with Crippen molar-refractivity contribution in [2.45, 2.75) is 64.5 Å². The number of hydrogen-bond donors (Lipinski definition) is 1. The molecule has 0 aliphatic heterocycles. The van der Waals surface area contributed by atoms with Crippen LogP contribution >= 0.6 is 11.5 Å². The zero-order valence-electron chi connectivity index (χ0n) is 10.4. The molecule has 0 bridgehead atoms. The normalized spacial score (nSPS) is 18.2. The van der Waals surface area contributed by atoms with Gasteiger partial charge < -0.3 is 5.32 Å². The summed E-state index contributed by atoms with van der Waals surface area (Å²) < 4.78 is 4.12. The molecule has 1 saturated carbocycles. The molecule has 0 unspecified atom stereocenters. The van der Waals surface area contributed by atoms with Crippen molar-refractivity contribution in [2.24, 2.45) is 0 Å². The Labute approximate surface area is 102 Å². The lowest BCUT2D eigenvalue weighted by Crippen LogP contribution is -2.35. The second-order valence-electron chi connectivity index (χ2n) is 5.67. The molecular weight excluding hydrogens is 218 g/mol. The standard InChI is InChI=1S/C12H21N3S/c1-12(2,3)13-8-10-11(14-15-16-10)9-6-4-5-7-9/h9,13H,4-8H2,1-3H3. The number of aromatic nitrogens is 2. The highest BCUT2D eigenvalue weighted by molar-refractivity contribution is 7.05. The number of hydrogen-bond acceptors (Lipinski definition) is 4. The van der Waals surface area contributed by atoms with Gasteiger partial charge in [0.05, 0.1) is 10.6 Å². The molecule has 3 nitrogen and oxygen atoms in total. The molecule has 1 aromatic heterocycles. The Morgan fingerprint density at radius 1 is 1.31 bits per heavy atom. The van der Waals surface area contributed by atoms with Gasteiger partial charge >= 0.3 is 0 Å². The highest BCUT2D eigenvalue weighted by atomic mass is 32.1. The summed E-state index contributed by atoms with van der Waals surface area (Å²) in [4.78, 5) is 1.34. The first-order valence-electron chi connectivity index (χ1n) is 6.12. The molecule has 1 fully saturated rings. The average molecular weight is 239 g/mol. The van der Waals surface area contributed by atoms with Crippen LogP contribution in [0.25, 0.3) is 0 Å². The molecule has 0 amide bonds. The van der Waals surface area contributed by atoms with Crippen LogP contribution in [0, 0.1) is 0 Å². The van der Waals surface area contributed by atoms with Crippen molar-refractivity contribution in [1.29, 1.82) is 0 Å². The fourth-order valence-electron chi connectivity index (χ4n) is 2.19. The third kappa shape index (κ3) is 3.01.